The van der Waals surface area contributed by atoms with E-state index in [0.717, 1.165) is 0 Å². The first-order valence-corrected chi connectivity index (χ1v) is 12.8. The van der Waals surface area contributed by atoms with Gasteiger partial charge in [0.2, 0.25) is 5.03 Å². The van der Waals surface area contributed by atoms with Gasteiger partial charge >= 0.3 is 20.2 Å². The molecule has 0 N–H and O–H groups in total. The highest BCUT2D eigenvalue weighted by Crippen LogP contribution is 2.31. The maximum Gasteiger partial charge on any atom is 0.358 e. The van der Waals surface area contributed by atoms with Crippen LogP contribution in [0, 0.1) is 0 Å². The van der Waals surface area contributed by atoms with Gasteiger partial charge < -0.3 is 8.37 Å². The molecule has 0 aliphatic heterocycles. The molecule has 5 aromatic rings. The van der Waals surface area contributed by atoms with Crippen LogP contribution in [-0.4, -0.2) is 26.8 Å². The smallest absolute Gasteiger partial charge is 0.358 e. The first-order valence-electron chi connectivity index (χ1n) is 10.0. The number of rotatable bonds is 6. The monoisotopic (exact) mass is 492 g/mol. The van der Waals surface area contributed by atoms with Crippen molar-refractivity contribution in [2.45, 2.75) is 9.92 Å². The molecule has 0 aliphatic carbocycles. The molecule has 0 aliphatic rings. The van der Waals surface area contributed by atoms with E-state index >= 15 is 0 Å². The minimum Gasteiger partial charge on any atom is -0.379 e. The second-order valence-electron chi connectivity index (χ2n) is 7.21. The van der Waals surface area contributed by atoms with E-state index in [-0.39, 0.29) is 17.0 Å². The topological polar surface area (TPSA) is 113 Å². The van der Waals surface area contributed by atoms with E-state index in [1.807, 2.05) is 0 Å². The molecule has 170 valence electrons. The van der Waals surface area contributed by atoms with Crippen LogP contribution in [0.15, 0.2) is 107 Å². The van der Waals surface area contributed by atoms with Gasteiger partial charge in [-0.25, -0.2) is 4.98 Å². The number of hydrogen-bond acceptors (Lipinski definition) is 8. The first kappa shape index (κ1) is 21.8. The van der Waals surface area contributed by atoms with Gasteiger partial charge in [-0.2, -0.15) is 16.8 Å². The molecule has 0 saturated carbocycles. The van der Waals surface area contributed by atoms with Crippen LogP contribution in [0.1, 0.15) is 0 Å². The lowest BCUT2D eigenvalue weighted by molar-refractivity contribution is 0.467. The fraction of sp³-hybridized carbons (Fsp3) is 0. The van der Waals surface area contributed by atoms with Gasteiger partial charge in [-0.1, -0.05) is 54.6 Å². The molecule has 8 nitrogen and oxygen atoms in total. The first-order chi connectivity index (χ1) is 16.3. The van der Waals surface area contributed by atoms with Crippen molar-refractivity contribution >= 4 is 42.0 Å². The molecule has 10 heteroatoms. The Hall–Kier alpha value is -4.02. The van der Waals surface area contributed by atoms with Crippen LogP contribution in [0.5, 0.6) is 11.5 Å². The summed E-state index contributed by atoms with van der Waals surface area (Å²) in [6, 6.07) is 23.6. The molecule has 0 spiro atoms. The van der Waals surface area contributed by atoms with Gasteiger partial charge in [0.05, 0.1) is 11.0 Å². The Balaban J connectivity index is 1.75. The Morgan fingerprint density at radius 1 is 0.588 bits per heavy atom. The van der Waals surface area contributed by atoms with Crippen LogP contribution >= 0.6 is 0 Å². The Kier molecular flexibility index (Phi) is 5.39. The van der Waals surface area contributed by atoms with Crippen LogP contribution < -0.4 is 8.37 Å². The Morgan fingerprint density at radius 2 is 1.18 bits per heavy atom. The van der Waals surface area contributed by atoms with Crippen molar-refractivity contribution in [2.75, 3.05) is 0 Å². The van der Waals surface area contributed by atoms with Gasteiger partial charge in [0.15, 0.2) is 0 Å². The lowest BCUT2D eigenvalue weighted by Crippen LogP contribution is -2.19. The van der Waals surface area contributed by atoms with Crippen molar-refractivity contribution in [3.8, 4) is 11.5 Å². The van der Waals surface area contributed by atoms with Crippen molar-refractivity contribution in [1.82, 2.24) is 9.97 Å². The molecule has 2 aromatic heterocycles. The number of aromatic nitrogens is 2. The van der Waals surface area contributed by atoms with Crippen LogP contribution in [-0.2, 0) is 20.2 Å². The summed E-state index contributed by atoms with van der Waals surface area (Å²) < 4.78 is 63.4. The number of benzene rings is 3. The van der Waals surface area contributed by atoms with E-state index in [2.05, 4.69) is 9.97 Å². The highest BCUT2D eigenvalue weighted by molar-refractivity contribution is 7.90. The normalized spacial score (nSPS) is 12.0. The number of hydrogen-bond donors (Lipinski definition) is 0. The van der Waals surface area contributed by atoms with Crippen LogP contribution in [0.2, 0.25) is 0 Å². The quantitative estimate of drug-likeness (QED) is 0.254. The second kappa shape index (κ2) is 8.40. The third-order valence-corrected chi connectivity index (χ3v) is 7.48. The molecule has 0 unspecified atom stereocenters. The molecule has 5 rings (SSSR count). The van der Waals surface area contributed by atoms with Gasteiger partial charge in [0.1, 0.15) is 16.4 Å². The SMILES string of the molecule is O=S(=O)(Oc1ccccc1)c1cc2ccc3cccnc3c2nc1S(=O)(=O)Oc1ccccc1. The Labute approximate surface area is 195 Å². The zero-order valence-corrected chi connectivity index (χ0v) is 19.0. The molecular formula is C24H16N2O6S2. The van der Waals surface area contributed by atoms with Gasteiger partial charge in [-0.15, -0.1) is 0 Å². The summed E-state index contributed by atoms with van der Waals surface area (Å²) in [6.45, 7) is 0. The average Bonchev–Trinajstić information content (AvgIpc) is 2.84. The second-order valence-corrected chi connectivity index (χ2v) is 10.2. The fourth-order valence-electron chi connectivity index (χ4n) is 3.39. The van der Waals surface area contributed by atoms with Gasteiger partial charge in [-0.05, 0) is 36.4 Å². The fourth-order valence-corrected chi connectivity index (χ4v) is 5.94. The maximum atomic E-state index is 13.3. The highest BCUT2D eigenvalue weighted by Gasteiger charge is 2.33. The molecule has 3 aromatic carbocycles. The van der Waals surface area contributed by atoms with E-state index in [9.17, 15) is 16.8 Å². The molecule has 0 amide bonds. The van der Waals surface area contributed by atoms with Gasteiger partial charge in [-0.3, -0.25) is 4.98 Å². The van der Waals surface area contributed by atoms with E-state index < -0.39 is 30.2 Å². The molecule has 0 fully saturated rings. The third kappa shape index (κ3) is 4.16. The summed E-state index contributed by atoms with van der Waals surface area (Å²) in [6.07, 6.45) is 1.54. The Bertz CT molecular complexity index is 1720. The Morgan fingerprint density at radius 3 is 1.82 bits per heavy atom. The van der Waals surface area contributed by atoms with Crippen molar-refractivity contribution in [2.24, 2.45) is 0 Å². The molecule has 0 saturated heterocycles. The highest BCUT2D eigenvalue weighted by atomic mass is 32.2. The minimum atomic E-state index is -4.68. The molecule has 0 atom stereocenters. The summed E-state index contributed by atoms with van der Waals surface area (Å²) in [5, 5.41) is 0.295. The van der Waals surface area contributed by atoms with E-state index in [1.165, 1.54) is 30.3 Å². The van der Waals surface area contributed by atoms with E-state index in [0.29, 0.717) is 16.3 Å². The molecular weight excluding hydrogens is 476 g/mol. The standard InChI is InChI=1S/C24H16N2O6S2/c27-33(28,31-19-9-3-1-4-10-19)21-16-18-14-13-17-8-7-15-25-22(17)23(18)26-24(21)34(29,30)32-20-11-5-2-6-12-20/h1-16H. The van der Waals surface area contributed by atoms with Crippen LogP contribution in [0.4, 0.5) is 0 Å². The van der Waals surface area contributed by atoms with Crippen LogP contribution in [0.3, 0.4) is 0 Å². The molecule has 34 heavy (non-hydrogen) atoms. The van der Waals surface area contributed by atoms with E-state index in [4.69, 9.17) is 8.37 Å². The summed E-state index contributed by atoms with van der Waals surface area (Å²) >= 11 is 0. The van der Waals surface area contributed by atoms with Crippen molar-refractivity contribution in [1.29, 1.82) is 0 Å². The third-order valence-electron chi connectivity index (χ3n) is 4.89. The number of pyridine rings is 2. The lowest BCUT2D eigenvalue weighted by Gasteiger charge is -2.14. The zero-order valence-electron chi connectivity index (χ0n) is 17.4. The van der Waals surface area contributed by atoms with E-state index in [1.54, 1.807) is 66.9 Å². The van der Waals surface area contributed by atoms with Crippen molar-refractivity contribution in [3.63, 3.8) is 0 Å². The predicted octanol–water partition coefficient (Wildman–Crippen LogP) is 4.32. The van der Waals surface area contributed by atoms with Crippen molar-refractivity contribution in [3.05, 3.63) is 97.2 Å². The molecule has 0 bridgehead atoms. The minimum absolute atomic E-state index is 0.00719. The van der Waals surface area contributed by atoms with Gasteiger partial charge in [0, 0.05) is 17.0 Å². The lowest BCUT2D eigenvalue weighted by atomic mass is 10.1. The number of nitrogens with zero attached hydrogens (tertiary/aromatic N) is 2. The zero-order chi connectivity index (χ0) is 23.8. The number of para-hydroxylation sites is 2. The van der Waals surface area contributed by atoms with Crippen LogP contribution in [0.25, 0.3) is 21.8 Å². The summed E-state index contributed by atoms with van der Waals surface area (Å²) in [5.74, 6) is 0.0304. The van der Waals surface area contributed by atoms with Crippen molar-refractivity contribution < 1.29 is 25.2 Å². The maximum absolute atomic E-state index is 13.3. The predicted molar refractivity (Wildman–Crippen MR) is 126 cm³/mol. The largest absolute Gasteiger partial charge is 0.379 e. The number of fused-ring (bicyclic) bond motifs is 3. The van der Waals surface area contributed by atoms with Gasteiger partial charge in [0.25, 0.3) is 0 Å². The molecule has 0 radical (unpaired) electrons. The summed E-state index contributed by atoms with van der Waals surface area (Å²) in [4.78, 5) is 7.90. The molecule has 2 heterocycles. The average molecular weight is 493 g/mol. The summed E-state index contributed by atoms with van der Waals surface area (Å²) in [5.41, 5.74) is 0.635. The summed E-state index contributed by atoms with van der Waals surface area (Å²) in [7, 11) is -9.28.